The number of Topliss-reactive ketones (excluding diaryl/α,β-unsaturated/α-hetero) is 1. The van der Waals surface area contributed by atoms with Crippen molar-refractivity contribution in [3.8, 4) is 0 Å². The summed E-state index contributed by atoms with van der Waals surface area (Å²) in [4.78, 5) is 20.1. The molecular weight excluding hydrogens is 387 g/mol. The second kappa shape index (κ2) is 6.92. The third-order valence-corrected chi connectivity index (χ3v) is 5.85. The van der Waals surface area contributed by atoms with Crippen LogP contribution >= 0.6 is 11.8 Å². The Hall–Kier alpha value is -2.35. The quantitative estimate of drug-likeness (QED) is 0.325. The molecule has 1 saturated carbocycles. The van der Waals surface area contributed by atoms with Gasteiger partial charge in [0.15, 0.2) is 5.78 Å². The number of carbonyl (C=O) groups is 1. The predicted octanol–water partition coefficient (Wildman–Crippen LogP) is 5.38. The summed E-state index contributed by atoms with van der Waals surface area (Å²) < 4.78 is 41.6. The van der Waals surface area contributed by atoms with E-state index in [0.717, 1.165) is 36.0 Å². The Bertz CT molecular complexity index is 1070. The molecule has 0 saturated heterocycles. The summed E-state index contributed by atoms with van der Waals surface area (Å²) in [6.45, 7) is 3.90. The number of hydrogen-bond donors (Lipinski definition) is 0. The Morgan fingerprint density at radius 2 is 1.93 bits per heavy atom. The smallest absolute Gasteiger partial charge is 0.345 e. The maximum atomic E-state index is 13.1. The summed E-state index contributed by atoms with van der Waals surface area (Å²) in [6, 6.07) is 8.86. The van der Waals surface area contributed by atoms with Crippen molar-refractivity contribution in [1.82, 2.24) is 14.5 Å². The first kappa shape index (κ1) is 19.0. The number of ketones is 1. The van der Waals surface area contributed by atoms with Gasteiger partial charge in [-0.05, 0) is 38.8 Å². The first-order chi connectivity index (χ1) is 13.3. The van der Waals surface area contributed by atoms with Crippen molar-refractivity contribution in [2.75, 3.05) is 5.75 Å². The van der Waals surface area contributed by atoms with Crippen molar-refractivity contribution >= 4 is 28.4 Å². The lowest BCUT2D eigenvalue weighted by Gasteiger charge is -2.10. The number of rotatable bonds is 5. The van der Waals surface area contributed by atoms with E-state index in [0.29, 0.717) is 17.0 Å². The van der Waals surface area contributed by atoms with E-state index in [1.54, 1.807) is 18.2 Å². The molecule has 1 aliphatic rings. The number of carbonyl (C=O) groups excluding carboxylic acids is 1. The average Bonchev–Trinajstić information content (AvgIpc) is 3.43. The summed E-state index contributed by atoms with van der Waals surface area (Å²) in [7, 11) is 0. The van der Waals surface area contributed by atoms with Crippen LogP contribution in [0.3, 0.4) is 0 Å². The van der Waals surface area contributed by atoms with Crippen LogP contribution in [0.5, 0.6) is 0 Å². The van der Waals surface area contributed by atoms with Crippen LogP contribution in [-0.2, 0) is 6.18 Å². The number of aromatic nitrogens is 3. The molecule has 0 atom stereocenters. The zero-order valence-electron chi connectivity index (χ0n) is 15.4. The van der Waals surface area contributed by atoms with Gasteiger partial charge in [-0.3, -0.25) is 4.79 Å². The highest BCUT2D eigenvalue weighted by Gasteiger charge is 2.35. The normalized spacial score (nSPS) is 14.6. The Kier molecular flexibility index (Phi) is 4.69. The lowest BCUT2D eigenvalue weighted by molar-refractivity contribution is -0.145. The van der Waals surface area contributed by atoms with Gasteiger partial charge >= 0.3 is 6.18 Å². The number of benzene rings is 1. The molecule has 1 fully saturated rings. The topological polar surface area (TPSA) is 47.8 Å². The molecule has 3 aromatic rings. The van der Waals surface area contributed by atoms with Gasteiger partial charge in [0.25, 0.3) is 0 Å². The molecule has 0 bridgehead atoms. The summed E-state index contributed by atoms with van der Waals surface area (Å²) in [5, 5.41) is 0.680. The van der Waals surface area contributed by atoms with Gasteiger partial charge in [0, 0.05) is 28.4 Å². The van der Waals surface area contributed by atoms with Gasteiger partial charge < -0.3 is 4.57 Å². The van der Waals surface area contributed by atoms with Gasteiger partial charge in [-0.25, -0.2) is 9.97 Å². The van der Waals surface area contributed by atoms with Gasteiger partial charge in [-0.2, -0.15) is 13.2 Å². The van der Waals surface area contributed by atoms with Gasteiger partial charge in [0.2, 0.25) is 5.82 Å². The molecule has 0 radical (unpaired) electrons. The van der Waals surface area contributed by atoms with E-state index in [1.807, 2.05) is 19.9 Å². The molecule has 1 aliphatic carbocycles. The summed E-state index contributed by atoms with van der Waals surface area (Å²) >= 11 is 1.02. The van der Waals surface area contributed by atoms with Crippen LogP contribution in [0.1, 0.15) is 46.5 Å². The lowest BCUT2D eigenvalue weighted by atomic mass is 10.2. The minimum Gasteiger partial charge on any atom is -0.345 e. The molecule has 0 aliphatic heterocycles. The minimum absolute atomic E-state index is 0.0211. The maximum absolute atomic E-state index is 13.1. The third kappa shape index (κ3) is 3.53. The molecule has 0 unspecified atom stereocenters. The van der Waals surface area contributed by atoms with E-state index in [4.69, 9.17) is 0 Å². The van der Waals surface area contributed by atoms with Gasteiger partial charge in [0.05, 0.1) is 11.3 Å². The van der Waals surface area contributed by atoms with Crippen molar-refractivity contribution in [3.05, 3.63) is 53.1 Å². The predicted molar refractivity (Wildman–Crippen MR) is 102 cm³/mol. The molecular formula is C20H18F3N3OS. The van der Waals surface area contributed by atoms with Crippen LogP contribution < -0.4 is 0 Å². The average molecular weight is 405 g/mol. The lowest BCUT2D eigenvalue weighted by Crippen LogP contribution is -2.12. The van der Waals surface area contributed by atoms with E-state index < -0.39 is 12.0 Å². The van der Waals surface area contributed by atoms with E-state index in [2.05, 4.69) is 14.5 Å². The van der Waals surface area contributed by atoms with Crippen LogP contribution in [0, 0.1) is 13.8 Å². The number of alkyl halides is 3. The first-order valence-corrected chi connectivity index (χ1v) is 9.92. The van der Waals surface area contributed by atoms with Gasteiger partial charge in [-0.15, -0.1) is 0 Å². The zero-order chi connectivity index (χ0) is 20.1. The second-order valence-electron chi connectivity index (χ2n) is 6.97. The van der Waals surface area contributed by atoms with Crippen LogP contribution in [-0.4, -0.2) is 26.1 Å². The highest BCUT2D eigenvalue weighted by atomic mass is 32.2. The summed E-state index contributed by atoms with van der Waals surface area (Å²) in [5.74, 6) is -1.28. The fraction of sp³-hybridized carbons (Fsp3) is 0.350. The van der Waals surface area contributed by atoms with E-state index >= 15 is 0 Å². The fourth-order valence-electron chi connectivity index (χ4n) is 3.45. The molecule has 28 heavy (non-hydrogen) atoms. The monoisotopic (exact) mass is 405 g/mol. The molecule has 0 N–H and O–H groups in total. The Labute approximate surface area is 164 Å². The van der Waals surface area contributed by atoms with Crippen LogP contribution in [0.25, 0.3) is 10.9 Å². The largest absolute Gasteiger partial charge is 0.451 e. The van der Waals surface area contributed by atoms with Gasteiger partial charge in [0.1, 0.15) is 5.03 Å². The molecule has 2 heterocycles. The number of hydrogen-bond acceptors (Lipinski definition) is 4. The van der Waals surface area contributed by atoms with E-state index in [1.165, 1.54) is 6.07 Å². The molecule has 8 heteroatoms. The highest BCUT2D eigenvalue weighted by molar-refractivity contribution is 8.00. The molecule has 2 aromatic heterocycles. The van der Waals surface area contributed by atoms with Crippen molar-refractivity contribution in [2.24, 2.45) is 0 Å². The maximum Gasteiger partial charge on any atom is 0.451 e. The number of aryl methyl sites for hydroxylation is 1. The number of halogens is 3. The molecule has 4 nitrogen and oxygen atoms in total. The summed E-state index contributed by atoms with van der Waals surface area (Å²) in [6.07, 6.45) is -2.41. The van der Waals surface area contributed by atoms with Crippen LogP contribution in [0.15, 0.2) is 35.4 Å². The van der Waals surface area contributed by atoms with Crippen molar-refractivity contribution in [3.63, 3.8) is 0 Å². The number of fused-ring (bicyclic) bond motifs is 1. The Balaban J connectivity index is 1.62. The zero-order valence-corrected chi connectivity index (χ0v) is 16.2. The fourth-order valence-corrected chi connectivity index (χ4v) is 4.35. The van der Waals surface area contributed by atoms with Crippen molar-refractivity contribution in [2.45, 2.75) is 43.9 Å². The minimum atomic E-state index is -4.64. The van der Waals surface area contributed by atoms with Crippen LogP contribution in [0.4, 0.5) is 13.2 Å². The molecule has 1 aromatic carbocycles. The van der Waals surface area contributed by atoms with E-state index in [-0.39, 0.29) is 22.1 Å². The molecule has 4 rings (SSSR count). The van der Waals surface area contributed by atoms with Crippen molar-refractivity contribution in [1.29, 1.82) is 0 Å². The number of thioether (sulfide) groups is 1. The Morgan fingerprint density at radius 3 is 2.61 bits per heavy atom. The standard InChI is InChI=1S/C20H18F3N3OS/c1-11-9-15(12(2)26(11)13-7-8-13)17(27)10-28-18-14-5-3-4-6-16(14)24-19(25-18)20(21,22)23/h3-6,9,13H,7-8,10H2,1-2H3. The van der Waals surface area contributed by atoms with E-state index in [9.17, 15) is 18.0 Å². The third-order valence-electron chi connectivity index (χ3n) is 4.86. The number of nitrogens with zero attached hydrogens (tertiary/aromatic N) is 3. The number of para-hydroxylation sites is 1. The van der Waals surface area contributed by atoms with Gasteiger partial charge in [-0.1, -0.05) is 30.0 Å². The Morgan fingerprint density at radius 1 is 1.21 bits per heavy atom. The molecule has 146 valence electrons. The summed E-state index contributed by atoms with van der Waals surface area (Å²) in [5.41, 5.74) is 2.81. The highest BCUT2D eigenvalue weighted by Crippen LogP contribution is 2.39. The SMILES string of the molecule is Cc1cc(C(=O)CSc2nc(C(F)(F)F)nc3ccccc23)c(C)n1C1CC1. The molecule has 0 amide bonds. The van der Waals surface area contributed by atoms with Crippen molar-refractivity contribution < 1.29 is 18.0 Å². The first-order valence-electron chi connectivity index (χ1n) is 8.94. The second-order valence-corrected chi connectivity index (χ2v) is 7.93. The van der Waals surface area contributed by atoms with Crippen LogP contribution in [0.2, 0.25) is 0 Å². The molecule has 0 spiro atoms.